The van der Waals surface area contributed by atoms with Gasteiger partial charge in [-0.1, -0.05) is 31.0 Å². The molecule has 6 nitrogen and oxygen atoms in total. The number of rotatable bonds is 8. The third-order valence-electron chi connectivity index (χ3n) is 5.15. The molecule has 0 radical (unpaired) electrons. The average Bonchev–Trinajstić information content (AvgIpc) is 2.91. The molecule has 2 atom stereocenters. The molecule has 140 valence electrons. The predicted molar refractivity (Wildman–Crippen MR) is 96.3 cm³/mol. The number of para-hydroxylation sites is 1. The van der Waals surface area contributed by atoms with Crippen LogP contribution in [0.25, 0.3) is 0 Å². The van der Waals surface area contributed by atoms with Crippen molar-refractivity contribution in [2.75, 3.05) is 19.7 Å². The van der Waals surface area contributed by atoms with Crippen molar-refractivity contribution < 1.29 is 19.1 Å². The number of benzene rings is 1. The minimum absolute atomic E-state index is 0.0799. The fraction of sp³-hybridized carbons (Fsp3) is 0.550. The van der Waals surface area contributed by atoms with E-state index in [0.29, 0.717) is 19.6 Å². The van der Waals surface area contributed by atoms with Gasteiger partial charge in [-0.3, -0.25) is 19.3 Å². The van der Waals surface area contributed by atoms with Gasteiger partial charge in [-0.25, -0.2) is 0 Å². The second-order valence-corrected chi connectivity index (χ2v) is 6.94. The van der Waals surface area contributed by atoms with Gasteiger partial charge in [0.25, 0.3) is 0 Å². The Morgan fingerprint density at radius 2 is 1.73 bits per heavy atom. The summed E-state index contributed by atoms with van der Waals surface area (Å²) in [6.07, 6.45) is 4.50. The molecule has 2 fully saturated rings. The first-order valence-corrected chi connectivity index (χ1v) is 9.46. The molecule has 1 aliphatic heterocycles. The molecule has 6 heteroatoms. The zero-order valence-electron chi connectivity index (χ0n) is 15.0. The molecule has 0 unspecified atom stereocenters. The summed E-state index contributed by atoms with van der Waals surface area (Å²) in [6.45, 7) is 1.23. The molecular formula is C20H26N2O4. The number of hydrogen-bond acceptors (Lipinski definition) is 4. The third-order valence-corrected chi connectivity index (χ3v) is 5.15. The van der Waals surface area contributed by atoms with Crippen molar-refractivity contribution in [2.45, 2.75) is 38.5 Å². The lowest BCUT2D eigenvalue weighted by Crippen LogP contribution is -2.35. The van der Waals surface area contributed by atoms with Crippen LogP contribution in [0.3, 0.4) is 0 Å². The molecule has 3 amide bonds. The van der Waals surface area contributed by atoms with E-state index in [1.54, 1.807) is 0 Å². The maximum Gasteiger partial charge on any atom is 0.233 e. The lowest BCUT2D eigenvalue weighted by molar-refractivity contribution is -0.140. The van der Waals surface area contributed by atoms with E-state index in [1.807, 2.05) is 30.3 Å². The highest BCUT2D eigenvalue weighted by atomic mass is 16.5. The summed E-state index contributed by atoms with van der Waals surface area (Å²) in [5.41, 5.74) is 0. The van der Waals surface area contributed by atoms with Crippen molar-refractivity contribution in [3.05, 3.63) is 30.3 Å². The summed E-state index contributed by atoms with van der Waals surface area (Å²) in [5.74, 6) is 0.225. The van der Waals surface area contributed by atoms with Crippen molar-refractivity contribution in [1.82, 2.24) is 10.2 Å². The Morgan fingerprint density at radius 1 is 1.08 bits per heavy atom. The van der Waals surface area contributed by atoms with Gasteiger partial charge in [-0.15, -0.1) is 0 Å². The number of nitrogens with one attached hydrogen (secondary N) is 1. The second-order valence-electron chi connectivity index (χ2n) is 6.94. The highest BCUT2D eigenvalue weighted by Crippen LogP contribution is 2.37. The highest BCUT2D eigenvalue weighted by molar-refractivity contribution is 6.05. The maximum absolute atomic E-state index is 12.4. The van der Waals surface area contributed by atoms with Crippen LogP contribution in [0, 0.1) is 11.8 Å². The summed E-state index contributed by atoms with van der Waals surface area (Å²) in [5, 5.41) is 2.82. The number of fused-ring (bicyclic) bond motifs is 1. The summed E-state index contributed by atoms with van der Waals surface area (Å²) < 4.78 is 5.56. The van der Waals surface area contributed by atoms with E-state index in [9.17, 15) is 14.4 Å². The van der Waals surface area contributed by atoms with Crippen LogP contribution < -0.4 is 10.1 Å². The number of amides is 3. The molecular weight excluding hydrogens is 332 g/mol. The van der Waals surface area contributed by atoms with Crippen LogP contribution in [0.5, 0.6) is 5.75 Å². The molecule has 1 saturated carbocycles. The van der Waals surface area contributed by atoms with Gasteiger partial charge >= 0.3 is 0 Å². The quantitative estimate of drug-likeness (QED) is 0.571. The third kappa shape index (κ3) is 4.42. The SMILES string of the molecule is O=C(CCN1C(=O)[C@@H]2CCCC[C@H]2C1=O)NCCCOc1ccccc1. The summed E-state index contributed by atoms with van der Waals surface area (Å²) in [6, 6.07) is 9.53. The largest absolute Gasteiger partial charge is 0.494 e. The zero-order valence-corrected chi connectivity index (χ0v) is 15.0. The van der Waals surface area contributed by atoms with Crippen LogP contribution >= 0.6 is 0 Å². The molecule has 0 spiro atoms. The van der Waals surface area contributed by atoms with Crippen LogP contribution in [-0.2, 0) is 14.4 Å². The van der Waals surface area contributed by atoms with E-state index in [4.69, 9.17) is 4.74 Å². The number of carbonyl (C=O) groups excluding carboxylic acids is 3. The summed E-state index contributed by atoms with van der Waals surface area (Å²) >= 11 is 0. The number of hydrogen-bond donors (Lipinski definition) is 1. The smallest absolute Gasteiger partial charge is 0.233 e. The molecule has 1 N–H and O–H groups in total. The highest BCUT2D eigenvalue weighted by Gasteiger charge is 2.47. The number of likely N-dealkylation sites (tertiary alicyclic amines) is 1. The average molecular weight is 358 g/mol. The van der Waals surface area contributed by atoms with Gasteiger partial charge in [-0.2, -0.15) is 0 Å². The Kier molecular flexibility index (Phi) is 6.26. The van der Waals surface area contributed by atoms with E-state index in [0.717, 1.165) is 31.4 Å². The van der Waals surface area contributed by atoms with E-state index >= 15 is 0 Å². The van der Waals surface area contributed by atoms with Gasteiger partial charge in [0.1, 0.15) is 5.75 Å². The van der Waals surface area contributed by atoms with Crippen molar-refractivity contribution in [3.8, 4) is 5.75 Å². The monoisotopic (exact) mass is 358 g/mol. The van der Waals surface area contributed by atoms with Gasteiger partial charge in [0, 0.05) is 19.5 Å². The van der Waals surface area contributed by atoms with Crippen LogP contribution in [-0.4, -0.2) is 42.3 Å². The van der Waals surface area contributed by atoms with E-state index in [1.165, 1.54) is 4.90 Å². The molecule has 2 aliphatic rings. The molecule has 1 aliphatic carbocycles. The van der Waals surface area contributed by atoms with Gasteiger partial charge in [-0.05, 0) is 31.4 Å². The fourth-order valence-corrected chi connectivity index (χ4v) is 3.76. The number of carbonyl (C=O) groups is 3. The van der Waals surface area contributed by atoms with Gasteiger partial charge < -0.3 is 10.1 Å². The lowest BCUT2D eigenvalue weighted by atomic mass is 9.81. The van der Waals surface area contributed by atoms with Crippen LogP contribution in [0.15, 0.2) is 30.3 Å². The molecule has 1 aromatic rings. The van der Waals surface area contributed by atoms with Gasteiger partial charge in [0.2, 0.25) is 17.7 Å². The number of ether oxygens (including phenoxy) is 1. The molecule has 0 aromatic heterocycles. The van der Waals surface area contributed by atoms with Crippen LogP contribution in [0.1, 0.15) is 38.5 Å². The topological polar surface area (TPSA) is 75.7 Å². The Hall–Kier alpha value is -2.37. The molecule has 1 saturated heterocycles. The van der Waals surface area contributed by atoms with E-state index < -0.39 is 0 Å². The van der Waals surface area contributed by atoms with E-state index in [2.05, 4.69) is 5.32 Å². The summed E-state index contributed by atoms with van der Waals surface area (Å²) in [4.78, 5) is 38.0. The lowest BCUT2D eigenvalue weighted by Gasteiger charge is -2.19. The van der Waals surface area contributed by atoms with Crippen molar-refractivity contribution in [2.24, 2.45) is 11.8 Å². The number of nitrogens with zero attached hydrogens (tertiary/aromatic N) is 1. The summed E-state index contributed by atoms with van der Waals surface area (Å²) in [7, 11) is 0. The Balaban J connectivity index is 1.32. The minimum Gasteiger partial charge on any atom is -0.494 e. The molecule has 0 bridgehead atoms. The maximum atomic E-state index is 12.4. The molecule has 1 aromatic carbocycles. The standard InChI is InChI=1S/C20H26N2O4/c23-18(21-12-6-14-26-15-7-2-1-3-8-15)11-13-22-19(24)16-9-4-5-10-17(16)20(22)25/h1-3,7-8,16-17H,4-6,9-14H2,(H,21,23)/t16-,17-/m1/s1. The first-order chi connectivity index (χ1) is 12.7. The fourth-order valence-electron chi connectivity index (χ4n) is 3.76. The van der Waals surface area contributed by atoms with E-state index in [-0.39, 0.29) is 42.5 Å². The number of imide groups is 1. The van der Waals surface area contributed by atoms with Crippen LogP contribution in [0.4, 0.5) is 0 Å². The van der Waals surface area contributed by atoms with Gasteiger partial charge in [0.15, 0.2) is 0 Å². The van der Waals surface area contributed by atoms with Gasteiger partial charge in [0.05, 0.1) is 18.4 Å². The first-order valence-electron chi connectivity index (χ1n) is 9.46. The van der Waals surface area contributed by atoms with Crippen LogP contribution in [0.2, 0.25) is 0 Å². The predicted octanol–water partition coefficient (Wildman–Crippen LogP) is 2.14. The minimum atomic E-state index is -0.144. The zero-order chi connectivity index (χ0) is 18.4. The van der Waals surface area contributed by atoms with Crippen molar-refractivity contribution in [1.29, 1.82) is 0 Å². The Labute approximate surface area is 153 Å². The molecule has 3 rings (SSSR count). The Morgan fingerprint density at radius 3 is 2.38 bits per heavy atom. The molecule has 1 heterocycles. The van der Waals surface area contributed by atoms with Crippen molar-refractivity contribution in [3.63, 3.8) is 0 Å². The normalized spacial score (nSPS) is 22.2. The van der Waals surface area contributed by atoms with Crippen molar-refractivity contribution >= 4 is 17.7 Å². The first kappa shape index (κ1) is 18.4. The molecule has 26 heavy (non-hydrogen) atoms. The Bertz CT molecular complexity index is 622. The second kappa shape index (κ2) is 8.83.